The summed E-state index contributed by atoms with van der Waals surface area (Å²) in [6, 6.07) is 0. The van der Waals surface area contributed by atoms with Gasteiger partial charge in [-0.25, -0.2) is 9.97 Å². The summed E-state index contributed by atoms with van der Waals surface area (Å²) in [5.41, 5.74) is 1.02. The van der Waals surface area contributed by atoms with Gasteiger partial charge < -0.3 is 4.74 Å². The average molecular weight is 172 g/mol. The van der Waals surface area contributed by atoms with Crippen molar-refractivity contribution in [3.63, 3.8) is 0 Å². The van der Waals surface area contributed by atoms with Gasteiger partial charge in [0.25, 0.3) is 0 Å². The number of ether oxygens (including phenoxy) is 1. The third-order valence-corrected chi connectivity index (χ3v) is 2.38. The molecule has 3 nitrogen and oxygen atoms in total. The van der Waals surface area contributed by atoms with E-state index in [1.807, 2.05) is 12.2 Å². The molecular weight excluding hydrogens is 164 g/mol. The molecule has 0 saturated carbocycles. The van der Waals surface area contributed by atoms with Crippen molar-refractivity contribution in [2.75, 3.05) is 0 Å². The first-order valence-electron chi connectivity index (χ1n) is 4.29. The first-order chi connectivity index (χ1) is 6.45. The Bertz CT molecular complexity index is 409. The molecule has 0 bridgehead atoms. The molecule has 0 amide bonds. The minimum Gasteiger partial charge on any atom is -0.457 e. The SMILES string of the molecule is C1=CCC2C(=C1)Oc1cncnc12. The summed E-state index contributed by atoms with van der Waals surface area (Å²) in [4.78, 5) is 8.16. The number of fused-ring (bicyclic) bond motifs is 3. The van der Waals surface area contributed by atoms with Crippen LogP contribution < -0.4 is 4.74 Å². The second kappa shape index (κ2) is 2.42. The highest BCUT2D eigenvalue weighted by atomic mass is 16.5. The predicted molar refractivity (Wildman–Crippen MR) is 47.2 cm³/mol. The van der Waals surface area contributed by atoms with Gasteiger partial charge in [-0.05, 0) is 12.5 Å². The smallest absolute Gasteiger partial charge is 0.167 e. The van der Waals surface area contributed by atoms with Crippen LogP contribution in [0.2, 0.25) is 0 Å². The van der Waals surface area contributed by atoms with Crippen LogP contribution in [0.15, 0.2) is 36.5 Å². The maximum atomic E-state index is 5.60. The summed E-state index contributed by atoms with van der Waals surface area (Å²) in [5, 5.41) is 0. The fraction of sp³-hybridized carbons (Fsp3) is 0.200. The van der Waals surface area contributed by atoms with Crippen LogP contribution in [-0.4, -0.2) is 9.97 Å². The Morgan fingerprint density at radius 2 is 2.46 bits per heavy atom. The van der Waals surface area contributed by atoms with Crippen molar-refractivity contribution in [3.05, 3.63) is 42.2 Å². The molecule has 0 spiro atoms. The lowest BCUT2D eigenvalue weighted by Crippen LogP contribution is -2.01. The van der Waals surface area contributed by atoms with E-state index in [2.05, 4.69) is 16.0 Å². The Labute approximate surface area is 75.8 Å². The largest absolute Gasteiger partial charge is 0.457 e. The molecule has 1 aromatic heterocycles. The Hall–Kier alpha value is -1.64. The first kappa shape index (κ1) is 6.83. The van der Waals surface area contributed by atoms with Crippen molar-refractivity contribution >= 4 is 0 Å². The molecule has 0 N–H and O–H groups in total. The van der Waals surface area contributed by atoms with Gasteiger partial charge in [-0.15, -0.1) is 0 Å². The number of allylic oxidation sites excluding steroid dienone is 4. The van der Waals surface area contributed by atoms with E-state index in [0.29, 0.717) is 5.92 Å². The van der Waals surface area contributed by atoms with Crippen LogP contribution in [0.1, 0.15) is 18.0 Å². The molecule has 64 valence electrons. The molecule has 1 aromatic rings. The number of nitrogens with zero attached hydrogens (tertiary/aromatic N) is 2. The summed E-state index contributed by atoms with van der Waals surface area (Å²) in [6.45, 7) is 0. The molecule has 1 aliphatic carbocycles. The Morgan fingerprint density at radius 1 is 1.46 bits per heavy atom. The lowest BCUT2D eigenvalue weighted by atomic mass is 9.97. The number of hydrogen-bond acceptors (Lipinski definition) is 3. The van der Waals surface area contributed by atoms with Crippen LogP contribution in [-0.2, 0) is 0 Å². The summed E-state index contributed by atoms with van der Waals surface area (Å²) < 4.78 is 5.60. The molecule has 2 heterocycles. The van der Waals surface area contributed by atoms with Gasteiger partial charge in [0.15, 0.2) is 5.75 Å². The topological polar surface area (TPSA) is 35.0 Å². The van der Waals surface area contributed by atoms with Gasteiger partial charge in [-0.2, -0.15) is 0 Å². The quantitative estimate of drug-likeness (QED) is 0.598. The molecule has 0 aromatic carbocycles. The fourth-order valence-corrected chi connectivity index (χ4v) is 1.75. The standard InChI is InChI=1S/C10H8N2O/c1-2-4-8-7(3-1)10-9(13-8)5-11-6-12-10/h1-2,4-7H,3H2. The van der Waals surface area contributed by atoms with Crippen LogP contribution >= 0.6 is 0 Å². The van der Waals surface area contributed by atoms with Gasteiger partial charge >= 0.3 is 0 Å². The van der Waals surface area contributed by atoms with E-state index in [0.717, 1.165) is 23.6 Å². The molecule has 0 saturated heterocycles. The van der Waals surface area contributed by atoms with Crippen LogP contribution in [0.5, 0.6) is 5.75 Å². The summed E-state index contributed by atoms with van der Waals surface area (Å²) >= 11 is 0. The van der Waals surface area contributed by atoms with Crippen molar-refractivity contribution in [1.29, 1.82) is 0 Å². The summed E-state index contributed by atoms with van der Waals surface area (Å²) in [5.74, 6) is 2.13. The highest BCUT2D eigenvalue weighted by Crippen LogP contribution is 2.41. The molecule has 3 rings (SSSR count). The molecule has 1 atom stereocenters. The number of hydrogen-bond donors (Lipinski definition) is 0. The minimum absolute atomic E-state index is 0.322. The van der Waals surface area contributed by atoms with Crippen molar-refractivity contribution < 1.29 is 4.74 Å². The monoisotopic (exact) mass is 172 g/mol. The zero-order valence-electron chi connectivity index (χ0n) is 6.97. The lowest BCUT2D eigenvalue weighted by molar-refractivity contribution is 0.424. The zero-order chi connectivity index (χ0) is 8.67. The predicted octanol–water partition coefficient (Wildman–Crippen LogP) is 1.80. The van der Waals surface area contributed by atoms with E-state index in [9.17, 15) is 0 Å². The van der Waals surface area contributed by atoms with Gasteiger partial charge in [0.2, 0.25) is 0 Å². The minimum atomic E-state index is 0.322. The van der Waals surface area contributed by atoms with E-state index in [1.165, 1.54) is 0 Å². The maximum Gasteiger partial charge on any atom is 0.167 e. The van der Waals surface area contributed by atoms with E-state index >= 15 is 0 Å². The third-order valence-electron chi connectivity index (χ3n) is 2.38. The molecule has 0 radical (unpaired) electrons. The Morgan fingerprint density at radius 3 is 3.46 bits per heavy atom. The summed E-state index contributed by atoms with van der Waals surface area (Å²) in [7, 11) is 0. The second-order valence-corrected chi connectivity index (χ2v) is 3.16. The first-order valence-corrected chi connectivity index (χ1v) is 4.29. The van der Waals surface area contributed by atoms with Gasteiger partial charge in [-0.3, -0.25) is 0 Å². The molecule has 13 heavy (non-hydrogen) atoms. The molecule has 1 aliphatic heterocycles. The van der Waals surface area contributed by atoms with E-state index in [4.69, 9.17) is 4.74 Å². The zero-order valence-corrected chi connectivity index (χ0v) is 6.97. The van der Waals surface area contributed by atoms with Crippen LogP contribution in [0.4, 0.5) is 0 Å². The van der Waals surface area contributed by atoms with Crippen molar-refractivity contribution in [1.82, 2.24) is 9.97 Å². The molecular formula is C10H8N2O. The van der Waals surface area contributed by atoms with E-state index in [-0.39, 0.29) is 0 Å². The second-order valence-electron chi connectivity index (χ2n) is 3.16. The lowest BCUT2D eigenvalue weighted by Gasteiger charge is -2.09. The maximum absolute atomic E-state index is 5.60. The van der Waals surface area contributed by atoms with Gasteiger partial charge in [0, 0.05) is 0 Å². The average Bonchev–Trinajstić information content (AvgIpc) is 2.56. The highest BCUT2D eigenvalue weighted by Gasteiger charge is 2.30. The van der Waals surface area contributed by atoms with Gasteiger partial charge in [-0.1, -0.05) is 12.2 Å². The molecule has 0 fully saturated rings. The normalized spacial score (nSPS) is 23.1. The fourth-order valence-electron chi connectivity index (χ4n) is 1.75. The molecule has 3 heteroatoms. The van der Waals surface area contributed by atoms with Crippen molar-refractivity contribution in [2.24, 2.45) is 0 Å². The highest BCUT2D eigenvalue weighted by molar-refractivity contribution is 5.42. The van der Waals surface area contributed by atoms with Crippen molar-refractivity contribution in [2.45, 2.75) is 12.3 Å². The van der Waals surface area contributed by atoms with E-state index in [1.54, 1.807) is 12.5 Å². The van der Waals surface area contributed by atoms with Crippen molar-refractivity contribution in [3.8, 4) is 5.75 Å². The third kappa shape index (κ3) is 0.900. The van der Waals surface area contributed by atoms with Gasteiger partial charge in [0.1, 0.15) is 12.1 Å². The summed E-state index contributed by atoms with van der Waals surface area (Å²) in [6.07, 6.45) is 10.4. The molecule has 1 unspecified atom stereocenters. The number of aromatic nitrogens is 2. The van der Waals surface area contributed by atoms with Gasteiger partial charge in [0.05, 0.1) is 17.8 Å². The number of rotatable bonds is 0. The van der Waals surface area contributed by atoms with Crippen LogP contribution in [0.25, 0.3) is 0 Å². The Kier molecular flexibility index (Phi) is 1.27. The Balaban J connectivity index is 2.14. The van der Waals surface area contributed by atoms with Crippen LogP contribution in [0, 0.1) is 0 Å². The van der Waals surface area contributed by atoms with E-state index < -0.39 is 0 Å². The molecule has 2 aliphatic rings. The van der Waals surface area contributed by atoms with Crippen LogP contribution in [0.3, 0.4) is 0 Å².